The van der Waals surface area contributed by atoms with E-state index in [9.17, 15) is 4.79 Å². The minimum Gasteiger partial charge on any atom is -0.459 e. The maximum atomic E-state index is 11.7. The first-order chi connectivity index (χ1) is 7.78. The van der Waals surface area contributed by atoms with Gasteiger partial charge in [-0.05, 0) is 59.4 Å². The Bertz CT molecular complexity index is 249. The summed E-state index contributed by atoms with van der Waals surface area (Å²) in [6.45, 7) is 8.45. The Kier molecular flexibility index (Phi) is 4.99. The molecular formula is C14H27NO2. The normalized spacial score (nSPS) is 26.0. The highest BCUT2D eigenvalue weighted by Crippen LogP contribution is 2.26. The molecule has 3 nitrogen and oxygen atoms in total. The van der Waals surface area contributed by atoms with E-state index >= 15 is 0 Å². The molecule has 1 rings (SSSR count). The van der Waals surface area contributed by atoms with Gasteiger partial charge in [-0.25, -0.2) is 0 Å². The Balaban J connectivity index is 2.33. The van der Waals surface area contributed by atoms with Crippen LogP contribution in [0.5, 0.6) is 0 Å². The quantitative estimate of drug-likeness (QED) is 0.712. The summed E-state index contributed by atoms with van der Waals surface area (Å²) in [6.07, 6.45) is 4.98. The van der Waals surface area contributed by atoms with Crippen LogP contribution >= 0.6 is 0 Å². The minimum absolute atomic E-state index is 0.112. The lowest BCUT2D eigenvalue weighted by Gasteiger charge is -2.33. The molecule has 0 unspecified atom stereocenters. The molecule has 3 heteroatoms. The molecule has 0 heterocycles. The van der Waals surface area contributed by atoms with Gasteiger partial charge < -0.3 is 4.74 Å². The van der Waals surface area contributed by atoms with E-state index in [-0.39, 0.29) is 11.6 Å². The highest BCUT2D eigenvalue weighted by atomic mass is 16.6. The lowest BCUT2D eigenvalue weighted by Crippen LogP contribution is -2.40. The zero-order chi connectivity index (χ0) is 13.1. The highest BCUT2D eigenvalue weighted by molar-refractivity contribution is 5.72. The number of hydrogen-bond acceptors (Lipinski definition) is 3. The second kappa shape index (κ2) is 5.85. The Morgan fingerprint density at radius 2 is 1.76 bits per heavy atom. The third-order valence-electron chi connectivity index (χ3n) is 3.41. The molecule has 0 spiro atoms. The van der Waals surface area contributed by atoms with Gasteiger partial charge in [0.25, 0.3) is 0 Å². The summed E-state index contributed by atoms with van der Waals surface area (Å²) in [5.74, 6) is 0.736. The third-order valence-corrected chi connectivity index (χ3v) is 3.41. The van der Waals surface area contributed by atoms with Crippen LogP contribution in [0, 0.1) is 5.92 Å². The van der Waals surface area contributed by atoms with E-state index in [0.29, 0.717) is 12.6 Å². The molecule has 1 saturated carbocycles. The van der Waals surface area contributed by atoms with Crippen LogP contribution in [-0.4, -0.2) is 36.1 Å². The molecule has 0 saturated heterocycles. The predicted octanol–water partition coefficient (Wildman–Crippen LogP) is 2.84. The van der Waals surface area contributed by atoms with Gasteiger partial charge in [-0.15, -0.1) is 0 Å². The fourth-order valence-electron chi connectivity index (χ4n) is 2.39. The average Bonchev–Trinajstić information content (AvgIpc) is 2.15. The van der Waals surface area contributed by atoms with Crippen LogP contribution in [0.15, 0.2) is 0 Å². The van der Waals surface area contributed by atoms with Gasteiger partial charge >= 0.3 is 5.97 Å². The number of esters is 1. The Labute approximate surface area is 106 Å². The molecule has 0 atom stereocenters. The molecule has 1 aliphatic carbocycles. The number of likely N-dealkylation sites (N-methyl/N-ethyl adjacent to an activating group) is 1. The smallest absolute Gasteiger partial charge is 0.320 e. The van der Waals surface area contributed by atoms with Crippen molar-refractivity contribution in [1.29, 1.82) is 0 Å². The number of ether oxygens (including phenoxy) is 1. The van der Waals surface area contributed by atoms with E-state index < -0.39 is 0 Å². The first-order valence-corrected chi connectivity index (χ1v) is 6.70. The average molecular weight is 241 g/mol. The topological polar surface area (TPSA) is 29.5 Å². The Morgan fingerprint density at radius 3 is 2.24 bits per heavy atom. The number of rotatable bonds is 3. The van der Waals surface area contributed by atoms with Crippen molar-refractivity contribution in [3.05, 3.63) is 0 Å². The standard InChI is InChI=1S/C14H27NO2/c1-11-6-8-12(9-7-11)15(5)10-13(16)17-14(2,3)4/h11-12H,6-10H2,1-5H3. The fourth-order valence-corrected chi connectivity index (χ4v) is 2.39. The molecule has 0 aromatic rings. The number of hydrogen-bond donors (Lipinski definition) is 0. The first-order valence-electron chi connectivity index (χ1n) is 6.70. The van der Waals surface area contributed by atoms with Crippen molar-refractivity contribution in [2.24, 2.45) is 5.92 Å². The fraction of sp³-hybridized carbons (Fsp3) is 0.929. The third kappa shape index (κ3) is 5.53. The van der Waals surface area contributed by atoms with E-state index in [4.69, 9.17) is 4.74 Å². The molecule has 100 valence electrons. The second-order valence-electron chi connectivity index (χ2n) is 6.42. The van der Waals surface area contributed by atoms with E-state index in [0.717, 1.165) is 5.92 Å². The first kappa shape index (κ1) is 14.5. The van der Waals surface area contributed by atoms with Crippen molar-refractivity contribution >= 4 is 5.97 Å². The van der Waals surface area contributed by atoms with E-state index in [1.165, 1.54) is 25.7 Å². The molecule has 0 amide bonds. The summed E-state index contributed by atoms with van der Waals surface area (Å²) in [5.41, 5.74) is -0.376. The van der Waals surface area contributed by atoms with Crippen molar-refractivity contribution < 1.29 is 9.53 Å². The van der Waals surface area contributed by atoms with Crippen LogP contribution in [0.2, 0.25) is 0 Å². The highest BCUT2D eigenvalue weighted by Gasteiger charge is 2.24. The van der Waals surface area contributed by atoms with Gasteiger partial charge in [-0.3, -0.25) is 9.69 Å². The van der Waals surface area contributed by atoms with Gasteiger partial charge in [0, 0.05) is 6.04 Å². The van der Waals surface area contributed by atoms with Gasteiger partial charge in [0.15, 0.2) is 0 Å². The zero-order valence-corrected chi connectivity index (χ0v) is 12.0. The number of carbonyl (C=O) groups excluding carboxylic acids is 1. The number of carbonyl (C=O) groups is 1. The van der Waals surface area contributed by atoms with Gasteiger partial charge in [-0.1, -0.05) is 6.92 Å². The minimum atomic E-state index is -0.376. The molecule has 0 aromatic carbocycles. The number of nitrogens with zero attached hydrogens (tertiary/aromatic N) is 1. The summed E-state index contributed by atoms with van der Waals surface area (Å²) in [7, 11) is 2.03. The summed E-state index contributed by atoms with van der Waals surface area (Å²) >= 11 is 0. The Hall–Kier alpha value is -0.570. The van der Waals surface area contributed by atoms with Crippen LogP contribution in [0.4, 0.5) is 0 Å². The molecule has 0 radical (unpaired) electrons. The predicted molar refractivity (Wildman–Crippen MR) is 69.9 cm³/mol. The zero-order valence-electron chi connectivity index (χ0n) is 12.0. The van der Waals surface area contributed by atoms with Gasteiger partial charge in [0.2, 0.25) is 0 Å². The van der Waals surface area contributed by atoms with Crippen LogP contribution in [-0.2, 0) is 9.53 Å². The SMILES string of the molecule is CC1CCC(N(C)CC(=O)OC(C)(C)C)CC1. The van der Waals surface area contributed by atoms with Gasteiger partial charge in [-0.2, -0.15) is 0 Å². The lowest BCUT2D eigenvalue weighted by molar-refractivity contribution is -0.156. The van der Waals surface area contributed by atoms with Crippen LogP contribution < -0.4 is 0 Å². The van der Waals surface area contributed by atoms with Crippen molar-refractivity contribution in [1.82, 2.24) is 4.90 Å². The molecule has 0 aromatic heterocycles. The van der Waals surface area contributed by atoms with E-state index in [2.05, 4.69) is 11.8 Å². The van der Waals surface area contributed by atoms with Gasteiger partial charge in [0.1, 0.15) is 5.60 Å². The molecule has 0 N–H and O–H groups in total. The maximum absolute atomic E-state index is 11.7. The van der Waals surface area contributed by atoms with E-state index in [1.807, 2.05) is 27.8 Å². The van der Waals surface area contributed by atoms with E-state index in [1.54, 1.807) is 0 Å². The molecule has 1 fully saturated rings. The van der Waals surface area contributed by atoms with Crippen molar-refractivity contribution in [2.75, 3.05) is 13.6 Å². The lowest BCUT2D eigenvalue weighted by atomic mass is 9.87. The van der Waals surface area contributed by atoms with Crippen LogP contribution in [0.1, 0.15) is 53.4 Å². The monoisotopic (exact) mass is 241 g/mol. The van der Waals surface area contributed by atoms with Crippen molar-refractivity contribution in [2.45, 2.75) is 65.0 Å². The molecular weight excluding hydrogens is 214 g/mol. The summed E-state index contributed by atoms with van der Waals surface area (Å²) < 4.78 is 5.34. The second-order valence-corrected chi connectivity index (χ2v) is 6.42. The largest absolute Gasteiger partial charge is 0.459 e. The molecule has 0 aliphatic heterocycles. The molecule has 0 bridgehead atoms. The van der Waals surface area contributed by atoms with Crippen LogP contribution in [0.3, 0.4) is 0 Å². The molecule has 1 aliphatic rings. The Morgan fingerprint density at radius 1 is 1.24 bits per heavy atom. The summed E-state index contributed by atoms with van der Waals surface area (Å²) in [4.78, 5) is 13.9. The van der Waals surface area contributed by atoms with Gasteiger partial charge in [0.05, 0.1) is 6.54 Å². The summed E-state index contributed by atoms with van der Waals surface area (Å²) in [6, 6.07) is 0.554. The van der Waals surface area contributed by atoms with Crippen molar-refractivity contribution in [3.63, 3.8) is 0 Å². The summed E-state index contributed by atoms with van der Waals surface area (Å²) in [5, 5.41) is 0. The maximum Gasteiger partial charge on any atom is 0.320 e. The van der Waals surface area contributed by atoms with Crippen molar-refractivity contribution in [3.8, 4) is 0 Å². The molecule has 17 heavy (non-hydrogen) atoms. The van der Waals surface area contributed by atoms with Crippen LogP contribution in [0.25, 0.3) is 0 Å².